The first-order valence-corrected chi connectivity index (χ1v) is 32.1. The summed E-state index contributed by atoms with van der Waals surface area (Å²) in [5.74, 6) is 1.82. The van der Waals surface area contributed by atoms with E-state index >= 15 is 0 Å². The molecule has 0 radical (unpaired) electrons. The number of aryl methyl sites for hydroxylation is 10. The van der Waals surface area contributed by atoms with Gasteiger partial charge in [0.15, 0.2) is 5.69 Å². The monoisotopic (exact) mass is 1230 g/mol. The van der Waals surface area contributed by atoms with Gasteiger partial charge in [-0.3, -0.25) is 9.97 Å². The van der Waals surface area contributed by atoms with Gasteiger partial charge in [0.1, 0.15) is 48.3 Å². The molecule has 0 saturated carbocycles. The lowest BCUT2D eigenvalue weighted by molar-refractivity contribution is -0.666. The Labute approximate surface area is 545 Å². The summed E-state index contributed by atoms with van der Waals surface area (Å²) in [5, 5.41) is 0. The second-order valence-corrected chi connectivity index (χ2v) is 15.8. The molecule has 0 spiro atoms. The molecule has 1 aromatic carbocycles. The summed E-state index contributed by atoms with van der Waals surface area (Å²) >= 11 is 0. The molecule has 0 unspecified atom stereocenters. The van der Waals surface area contributed by atoms with Crippen LogP contribution in [0.4, 0.5) is 0 Å². The van der Waals surface area contributed by atoms with Crippen LogP contribution in [0.2, 0.25) is 0 Å². The fourth-order valence-electron chi connectivity index (χ4n) is 6.93. The first-order chi connectivity index (χ1) is 43.9. The van der Waals surface area contributed by atoms with Gasteiger partial charge in [0.05, 0.1) is 57.6 Å². The number of hydrogen-bond donors (Lipinski definition) is 0. The SMILES string of the molecule is CC.CC.CC.CC.CC.CC.CC.CC.CC.CC.Cc1ccccc1-c1ncnc[n+]1C.Cc1ccncc1-c1ncnc[n+]1C.Cc1cncnc1-c1ccnc[n+]1C.Cc1ncccc1-c1ccnc[n+]1C.Cc1ncncc1-c1ccnc[n+]1C. The van der Waals surface area contributed by atoms with E-state index in [1.807, 2.05) is 285 Å². The van der Waals surface area contributed by atoms with E-state index in [1.54, 1.807) is 87.9 Å². The van der Waals surface area contributed by atoms with Crippen molar-refractivity contribution in [3.63, 3.8) is 0 Å². The van der Waals surface area contributed by atoms with Crippen LogP contribution in [0.1, 0.15) is 167 Å². The van der Waals surface area contributed by atoms with Crippen LogP contribution in [0.25, 0.3) is 56.7 Å². The van der Waals surface area contributed by atoms with Crippen molar-refractivity contribution in [3.8, 4) is 56.7 Å². The minimum Gasteiger partial charge on any atom is -0.264 e. The summed E-state index contributed by atoms with van der Waals surface area (Å²) in [4.78, 5) is 53.2. The van der Waals surface area contributed by atoms with Crippen molar-refractivity contribution < 1.29 is 22.8 Å². The molecule has 9 heterocycles. The van der Waals surface area contributed by atoms with Crippen molar-refractivity contribution in [3.05, 3.63) is 195 Å². The van der Waals surface area contributed by atoms with Crippen molar-refractivity contribution in [1.82, 2.24) is 64.8 Å². The van der Waals surface area contributed by atoms with Crippen LogP contribution in [0, 0.1) is 34.6 Å². The van der Waals surface area contributed by atoms with E-state index in [-0.39, 0.29) is 0 Å². The van der Waals surface area contributed by atoms with E-state index in [1.165, 1.54) is 5.56 Å². The van der Waals surface area contributed by atoms with Crippen LogP contribution in [-0.2, 0) is 35.2 Å². The summed E-state index contributed by atoms with van der Waals surface area (Å²) < 4.78 is 9.68. The zero-order chi connectivity index (χ0) is 69.8. The van der Waals surface area contributed by atoms with E-state index in [0.29, 0.717) is 0 Å². The third-order valence-electron chi connectivity index (χ3n) is 10.7. The molecule has 90 heavy (non-hydrogen) atoms. The highest BCUT2D eigenvalue weighted by Gasteiger charge is 2.14. The van der Waals surface area contributed by atoms with Crippen molar-refractivity contribution in [2.24, 2.45) is 35.2 Å². The fourth-order valence-corrected chi connectivity index (χ4v) is 6.93. The molecule has 0 N–H and O–H groups in total. The molecule has 18 heteroatoms. The van der Waals surface area contributed by atoms with Gasteiger partial charge in [-0.2, -0.15) is 0 Å². The van der Waals surface area contributed by atoms with Gasteiger partial charge in [0, 0.05) is 60.4 Å². The summed E-state index contributed by atoms with van der Waals surface area (Å²) in [5.41, 5.74) is 14.0. The zero-order valence-electron chi connectivity index (χ0n) is 61.1. The number of hydrogen-bond acceptors (Lipinski definition) is 13. The molecule has 0 aliphatic rings. The number of aromatic nitrogens is 18. The number of benzene rings is 1. The number of pyridine rings is 2. The third kappa shape index (κ3) is 32.8. The Bertz CT molecular complexity index is 2560. The van der Waals surface area contributed by atoms with Gasteiger partial charge in [-0.25, -0.2) is 42.8 Å². The van der Waals surface area contributed by atoms with Gasteiger partial charge in [-0.1, -0.05) is 192 Å². The average molecular weight is 1230 g/mol. The van der Waals surface area contributed by atoms with Crippen molar-refractivity contribution in [2.75, 3.05) is 0 Å². The van der Waals surface area contributed by atoms with Crippen molar-refractivity contribution in [1.29, 1.82) is 0 Å². The van der Waals surface area contributed by atoms with Crippen molar-refractivity contribution in [2.45, 2.75) is 173 Å². The first kappa shape index (κ1) is 89.7. The minimum atomic E-state index is 0.880. The lowest BCUT2D eigenvalue weighted by Crippen LogP contribution is -2.32. The molecule has 0 aliphatic carbocycles. The number of rotatable bonds is 5. The highest BCUT2D eigenvalue weighted by molar-refractivity contribution is 5.59. The van der Waals surface area contributed by atoms with E-state index < -0.39 is 0 Å². The van der Waals surface area contributed by atoms with Crippen LogP contribution in [0.15, 0.2) is 167 Å². The molecule has 10 aromatic rings. The minimum absolute atomic E-state index is 0.880. The van der Waals surface area contributed by atoms with Crippen molar-refractivity contribution >= 4 is 0 Å². The average Bonchev–Trinajstić information content (AvgIpc) is 2.35. The lowest BCUT2D eigenvalue weighted by atomic mass is 10.1. The molecule has 0 aliphatic heterocycles. The van der Waals surface area contributed by atoms with Gasteiger partial charge in [0.25, 0.3) is 43.3 Å². The van der Waals surface area contributed by atoms with Crippen LogP contribution in [0.3, 0.4) is 0 Å². The Balaban J connectivity index is -0.000000312. The molecule has 0 amide bonds. The van der Waals surface area contributed by atoms with E-state index in [4.69, 9.17) is 0 Å². The van der Waals surface area contributed by atoms with E-state index in [9.17, 15) is 0 Å². The Hall–Kier alpha value is -9.06. The Kier molecular flexibility index (Phi) is 60.0. The molecule has 0 atom stereocenters. The lowest BCUT2D eigenvalue weighted by Gasteiger charge is -2.03. The standard InChI is InChI=1S/2C11H12N3.3C10H11N4.10C2H6/c1-9-10(4-3-6-13-9)11-5-7-12-8-14(11)2;1-9-5-3-4-6-10(9)11-13-7-12-8-14(11)2;1-8-9(5-12-6-13-8)10-3-4-11-7-14(10)2;1-8-5-12-6-13-10(8)9-3-4-11-7-14(9)2;1-8-3-4-11-5-9(8)10-13-6-12-7-14(10)2;10*1-2/h2*3-8H,1-2H3;3*3-7H,1-2H3;10*1-2H3/q5*+1;;;;;;;;;;. The summed E-state index contributed by atoms with van der Waals surface area (Å²) in [6.07, 6.45) is 29.4. The maximum Gasteiger partial charge on any atom is 0.286 e. The fraction of sp³-hybridized carbons (Fsp3) is 0.417. The molecule has 490 valence electrons. The van der Waals surface area contributed by atoms with Gasteiger partial charge in [0.2, 0.25) is 12.7 Å². The maximum atomic E-state index is 4.26. The Morgan fingerprint density at radius 2 is 0.622 bits per heavy atom. The highest BCUT2D eigenvalue weighted by atomic mass is 15.1. The van der Waals surface area contributed by atoms with Gasteiger partial charge < -0.3 is 0 Å². The highest BCUT2D eigenvalue weighted by Crippen LogP contribution is 2.19. The molecule has 10 rings (SSSR count). The normalized spacial score (nSPS) is 8.56. The van der Waals surface area contributed by atoms with Crippen LogP contribution < -0.4 is 22.8 Å². The second-order valence-electron chi connectivity index (χ2n) is 15.8. The predicted octanol–water partition coefficient (Wildman–Crippen LogP) is 14.8. The predicted molar refractivity (Wildman–Crippen MR) is 374 cm³/mol. The number of nitrogens with zero attached hydrogens (tertiary/aromatic N) is 18. The molecule has 0 fully saturated rings. The van der Waals surface area contributed by atoms with Gasteiger partial charge in [-0.15, -0.1) is 0 Å². The third-order valence-corrected chi connectivity index (χ3v) is 10.7. The molecule has 18 nitrogen and oxygen atoms in total. The maximum absolute atomic E-state index is 4.26. The van der Waals surface area contributed by atoms with E-state index in [2.05, 4.69) is 89.9 Å². The topological polar surface area (TPSA) is 187 Å². The molecule has 0 saturated heterocycles. The second kappa shape index (κ2) is 60.2. The van der Waals surface area contributed by atoms with Gasteiger partial charge >= 0.3 is 0 Å². The molecule has 0 bridgehead atoms. The molecular weight excluding hydrogens is 1120 g/mol. The largest absolute Gasteiger partial charge is 0.286 e. The molecule has 9 aromatic heterocycles. The molecular formula is C72H117N18+5. The smallest absolute Gasteiger partial charge is 0.264 e. The quantitative estimate of drug-likeness (QED) is 0.148. The van der Waals surface area contributed by atoms with Gasteiger partial charge in [-0.05, 0) is 75.6 Å². The van der Waals surface area contributed by atoms with Crippen LogP contribution in [0.5, 0.6) is 0 Å². The summed E-state index contributed by atoms with van der Waals surface area (Å²) in [6.45, 7) is 50.1. The van der Waals surface area contributed by atoms with Crippen LogP contribution >= 0.6 is 0 Å². The van der Waals surface area contributed by atoms with E-state index in [0.717, 1.165) is 79.2 Å². The Morgan fingerprint density at radius 1 is 0.256 bits per heavy atom. The Morgan fingerprint density at radius 3 is 1.06 bits per heavy atom. The first-order valence-electron chi connectivity index (χ1n) is 32.1. The summed E-state index contributed by atoms with van der Waals surface area (Å²) in [6, 6.07) is 20.1. The van der Waals surface area contributed by atoms with Crippen LogP contribution in [-0.4, -0.2) is 64.8 Å². The summed E-state index contributed by atoms with van der Waals surface area (Å²) in [7, 11) is 9.75. The zero-order valence-corrected chi connectivity index (χ0v) is 61.1.